The van der Waals surface area contributed by atoms with Crippen LogP contribution < -0.4 is 9.80 Å². The third-order valence-corrected chi connectivity index (χ3v) is 6.54. The third-order valence-electron chi connectivity index (χ3n) is 4.97. The molecule has 2 aliphatic rings. The molecule has 7 heteroatoms. The number of aryl methyl sites for hydroxylation is 1. The molecule has 1 unspecified atom stereocenters. The van der Waals surface area contributed by atoms with Crippen LogP contribution in [0.4, 0.5) is 11.6 Å². The molecule has 4 rings (SSSR count). The molecule has 0 N–H and O–H groups in total. The number of hydrogen-bond acceptors (Lipinski definition) is 7. The van der Waals surface area contributed by atoms with E-state index in [1.54, 1.807) is 6.33 Å². The van der Waals surface area contributed by atoms with Crippen molar-refractivity contribution < 1.29 is 4.74 Å². The van der Waals surface area contributed by atoms with Gasteiger partial charge >= 0.3 is 0 Å². The summed E-state index contributed by atoms with van der Waals surface area (Å²) in [6.45, 7) is 4.68. The minimum absolute atomic E-state index is 0.312. The average molecular weight is 372 g/mol. The van der Waals surface area contributed by atoms with Crippen molar-refractivity contribution in [2.24, 2.45) is 0 Å². The van der Waals surface area contributed by atoms with E-state index in [9.17, 15) is 0 Å². The summed E-state index contributed by atoms with van der Waals surface area (Å²) in [6.07, 6.45) is 3.07. The summed E-state index contributed by atoms with van der Waals surface area (Å²) in [5, 5.41) is 0. The Balaban J connectivity index is 1.30. The van der Waals surface area contributed by atoms with E-state index in [1.165, 1.54) is 0 Å². The number of nitrogens with zero attached hydrogens (tertiary/aromatic N) is 5. The molecular weight excluding hydrogens is 346 g/mol. The molecule has 6 nitrogen and oxygen atoms in total. The summed E-state index contributed by atoms with van der Waals surface area (Å²) in [6, 6.07) is 8.15. The van der Waals surface area contributed by atoms with E-state index in [2.05, 4.69) is 25.9 Å². The first kappa shape index (κ1) is 17.5. The maximum Gasteiger partial charge on any atom is 0.134 e. The van der Waals surface area contributed by atoms with E-state index in [4.69, 9.17) is 4.74 Å². The highest BCUT2D eigenvalue weighted by molar-refractivity contribution is 8.01. The quantitative estimate of drug-likeness (QED) is 0.800. The van der Waals surface area contributed by atoms with Crippen LogP contribution in [0.1, 0.15) is 17.8 Å². The van der Waals surface area contributed by atoms with Crippen molar-refractivity contribution in [2.45, 2.75) is 30.8 Å². The molecule has 0 amide bonds. The van der Waals surface area contributed by atoms with E-state index in [0.717, 1.165) is 48.3 Å². The maximum absolute atomic E-state index is 6.13. The van der Waals surface area contributed by atoms with Gasteiger partial charge in [0, 0.05) is 44.7 Å². The van der Waals surface area contributed by atoms with Crippen LogP contribution in [0.15, 0.2) is 30.6 Å². The Kier molecular flexibility index (Phi) is 4.75. The molecule has 1 spiro atoms. The summed E-state index contributed by atoms with van der Waals surface area (Å²) < 4.78 is 6.45. The lowest BCUT2D eigenvalue weighted by Gasteiger charge is -2.48. The molecule has 2 aliphatic heterocycles. The van der Waals surface area contributed by atoms with Crippen LogP contribution in [-0.2, 0) is 11.3 Å². The number of hydrogen-bond donors (Lipinski definition) is 0. The monoisotopic (exact) mass is 371 g/mol. The number of pyridine rings is 1. The molecule has 2 fully saturated rings. The van der Waals surface area contributed by atoms with Gasteiger partial charge in [-0.05, 0) is 25.5 Å². The standard InChI is InChI=1S/C19H25N5OS/c1-14-5-4-6-15(22-14)9-25-16-8-19(26-10-16)11-24(12-19)18-7-17(23(2)3)20-13-21-18/h4-7,13,16H,8-12H2,1-3H3. The zero-order valence-corrected chi connectivity index (χ0v) is 16.4. The van der Waals surface area contributed by atoms with Gasteiger partial charge in [-0.3, -0.25) is 4.98 Å². The molecule has 0 aliphatic carbocycles. The van der Waals surface area contributed by atoms with Crippen LogP contribution in [0, 0.1) is 6.92 Å². The van der Waals surface area contributed by atoms with Crippen molar-refractivity contribution in [3.05, 3.63) is 42.0 Å². The normalized spacial score (nSPS) is 21.0. The molecule has 2 saturated heterocycles. The molecule has 138 valence electrons. The van der Waals surface area contributed by atoms with E-state index < -0.39 is 0 Å². The predicted molar refractivity (Wildman–Crippen MR) is 106 cm³/mol. The van der Waals surface area contributed by atoms with Crippen LogP contribution in [0.2, 0.25) is 0 Å². The molecule has 0 radical (unpaired) electrons. The SMILES string of the molecule is Cc1cccc(COC2CSC3(C2)CN(c2cc(N(C)C)ncn2)C3)n1. The number of thioether (sulfide) groups is 1. The van der Waals surface area contributed by atoms with Crippen molar-refractivity contribution >= 4 is 23.4 Å². The fourth-order valence-electron chi connectivity index (χ4n) is 3.58. The molecule has 0 aromatic carbocycles. The zero-order valence-electron chi connectivity index (χ0n) is 15.6. The fraction of sp³-hybridized carbons (Fsp3) is 0.526. The first-order chi connectivity index (χ1) is 12.5. The van der Waals surface area contributed by atoms with Gasteiger partial charge in [0.15, 0.2) is 0 Å². The van der Waals surface area contributed by atoms with Gasteiger partial charge in [-0.25, -0.2) is 9.97 Å². The fourth-order valence-corrected chi connectivity index (χ4v) is 5.13. The van der Waals surface area contributed by atoms with Crippen molar-refractivity contribution in [3.63, 3.8) is 0 Å². The Morgan fingerprint density at radius 3 is 2.92 bits per heavy atom. The Hall–Kier alpha value is -1.86. The highest BCUT2D eigenvalue weighted by Crippen LogP contribution is 2.47. The Labute approximate surface area is 159 Å². The molecule has 4 heterocycles. The van der Waals surface area contributed by atoms with E-state index in [-0.39, 0.29) is 0 Å². The summed E-state index contributed by atoms with van der Waals surface area (Å²) in [4.78, 5) is 17.6. The smallest absolute Gasteiger partial charge is 0.134 e. The number of rotatable bonds is 5. The third kappa shape index (κ3) is 3.64. The van der Waals surface area contributed by atoms with Crippen molar-refractivity contribution in [1.29, 1.82) is 0 Å². The van der Waals surface area contributed by atoms with Crippen molar-refractivity contribution in [3.8, 4) is 0 Å². The maximum atomic E-state index is 6.13. The van der Waals surface area contributed by atoms with Gasteiger partial charge in [-0.1, -0.05) is 6.07 Å². The number of ether oxygens (including phenoxy) is 1. The molecule has 0 bridgehead atoms. The highest BCUT2D eigenvalue weighted by Gasteiger charge is 2.49. The van der Waals surface area contributed by atoms with Gasteiger partial charge in [0.25, 0.3) is 0 Å². The molecule has 26 heavy (non-hydrogen) atoms. The van der Waals surface area contributed by atoms with E-state index in [1.807, 2.05) is 55.9 Å². The van der Waals surface area contributed by atoms with E-state index in [0.29, 0.717) is 17.5 Å². The second kappa shape index (κ2) is 7.04. The largest absolute Gasteiger partial charge is 0.371 e. The van der Waals surface area contributed by atoms with Gasteiger partial charge < -0.3 is 14.5 Å². The minimum Gasteiger partial charge on any atom is -0.371 e. The Morgan fingerprint density at radius 1 is 1.31 bits per heavy atom. The van der Waals surface area contributed by atoms with Gasteiger partial charge in [-0.15, -0.1) is 11.8 Å². The second-order valence-corrected chi connectivity index (χ2v) is 8.87. The number of aromatic nitrogens is 3. The first-order valence-electron chi connectivity index (χ1n) is 8.95. The predicted octanol–water partition coefficient (Wildman–Crippen LogP) is 2.53. The lowest BCUT2D eigenvalue weighted by Crippen LogP contribution is -2.59. The summed E-state index contributed by atoms with van der Waals surface area (Å²) in [7, 11) is 4.00. The van der Waals surface area contributed by atoms with Crippen LogP contribution in [0.5, 0.6) is 0 Å². The summed E-state index contributed by atoms with van der Waals surface area (Å²) in [5.41, 5.74) is 2.06. The minimum atomic E-state index is 0.312. The van der Waals surface area contributed by atoms with Crippen molar-refractivity contribution in [1.82, 2.24) is 15.0 Å². The highest BCUT2D eigenvalue weighted by atomic mass is 32.2. The van der Waals surface area contributed by atoms with Gasteiger partial charge in [-0.2, -0.15) is 0 Å². The second-order valence-electron chi connectivity index (χ2n) is 7.39. The molecule has 2 aromatic rings. The van der Waals surface area contributed by atoms with Crippen LogP contribution in [0.3, 0.4) is 0 Å². The summed E-state index contributed by atoms with van der Waals surface area (Å²) in [5.74, 6) is 3.02. The van der Waals surface area contributed by atoms with Gasteiger partial charge in [0.2, 0.25) is 0 Å². The average Bonchev–Trinajstić information content (AvgIpc) is 3.04. The van der Waals surface area contributed by atoms with Crippen LogP contribution >= 0.6 is 11.8 Å². The Morgan fingerprint density at radius 2 is 2.15 bits per heavy atom. The lowest BCUT2D eigenvalue weighted by atomic mass is 9.93. The van der Waals surface area contributed by atoms with Gasteiger partial charge in [0.05, 0.1) is 23.2 Å². The van der Waals surface area contributed by atoms with E-state index >= 15 is 0 Å². The molecule has 0 saturated carbocycles. The molecular formula is C19H25N5OS. The van der Waals surface area contributed by atoms with Crippen molar-refractivity contribution in [2.75, 3.05) is 42.7 Å². The molecule has 2 aromatic heterocycles. The van der Waals surface area contributed by atoms with Crippen LogP contribution in [0.25, 0.3) is 0 Å². The Bertz CT molecular complexity index is 778. The lowest BCUT2D eigenvalue weighted by molar-refractivity contribution is 0.0458. The summed E-state index contributed by atoms with van der Waals surface area (Å²) >= 11 is 2.05. The van der Waals surface area contributed by atoms with Crippen LogP contribution in [-0.4, -0.2) is 58.7 Å². The first-order valence-corrected chi connectivity index (χ1v) is 9.94. The zero-order chi connectivity index (χ0) is 18.1. The number of anilines is 2. The molecule has 1 atom stereocenters. The van der Waals surface area contributed by atoms with Gasteiger partial charge in [0.1, 0.15) is 18.0 Å². The topological polar surface area (TPSA) is 54.4 Å².